The third kappa shape index (κ3) is 2.95. The number of alkyl halides is 1. The molecule has 4 heteroatoms. The van der Waals surface area contributed by atoms with E-state index in [0.29, 0.717) is 6.54 Å². The molecular formula is C17H16BrNO2. The van der Waals surface area contributed by atoms with Gasteiger partial charge >= 0.3 is 0 Å². The van der Waals surface area contributed by atoms with Crippen molar-refractivity contribution in [3.63, 3.8) is 0 Å². The fraction of sp³-hybridized carbons (Fsp3) is 0.235. The SMILES string of the molecule is Cc1ccc(CN2C(=O)COc3cc(CBr)ccc32)cc1. The number of aryl methyl sites for hydroxylation is 1. The van der Waals surface area contributed by atoms with Gasteiger partial charge in [0.05, 0.1) is 12.2 Å². The number of carbonyl (C=O) groups excluding carboxylic acids is 1. The average Bonchev–Trinajstić information content (AvgIpc) is 2.51. The lowest BCUT2D eigenvalue weighted by atomic mass is 10.1. The Balaban J connectivity index is 1.91. The Labute approximate surface area is 132 Å². The van der Waals surface area contributed by atoms with Crippen LogP contribution < -0.4 is 9.64 Å². The van der Waals surface area contributed by atoms with E-state index >= 15 is 0 Å². The van der Waals surface area contributed by atoms with Crippen LogP contribution in [0.3, 0.4) is 0 Å². The van der Waals surface area contributed by atoms with Crippen LogP contribution in [-0.4, -0.2) is 12.5 Å². The van der Waals surface area contributed by atoms with E-state index in [-0.39, 0.29) is 12.5 Å². The van der Waals surface area contributed by atoms with Gasteiger partial charge in [0, 0.05) is 5.33 Å². The molecule has 0 radical (unpaired) electrons. The van der Waals surface area contributed by atoms with Crippen LogP contribution in [0.2, 0.25) is 0 Å². The van der Waals surface area contributed by atoms with E-state index in [1.54, 1.807) is 4.90 Å². The van der Waals surface area contributed by atoms with E-state index in [9.17, 15) is 4.79 Å². The number of amides is 1. The van der Waals surface area contributed by atoms with E-state index in [1.807, 2.05) is 18.2 Å². The maximum Gasteiger partial charge on any atom is 0.265 e. The summed E-state index contributed by atoms with van der Waals surface area (Å²) in [5.74, 6) is 0.772. The number of halogens is 1. The van der Waals surface area contributed by atoms with Gasteiger partial charge in [-0.1, -0.05) is 51.8 Å². The molecule has 21 heavy (non-hydrogen) atoms. The van der Waals surface area contributed by atoms with E-state index in [0.717, 1.165) is 27.9 Å². The Morgan fingerprint density at radius 2 is 1.86 bits per heavy atom. The summed E-state index contributed by atoms with van der Waals surface area (Å²) in [5.41, 5.74) is 4.32. The van der Waals surface area contributed by atoms with E-state index < -0.39 is 0 Å². The molecule has 1 amide bonds. The highest BCUT2D eigenvalue weighted by Gasteiger charge is 2.25. The van der Waals surface area contributed by atoms with Gasteiger partial charge in [-0.2, -0.15) is 0 Å². The molecule has 0 atom stereocenters. The Hall–Kier alpha value is -1.81. The molecule has 0 bridgehead atoms. The van der Waals surface area contributed by atoms with Crippen molar-refractivity contribution in [1.29, 1.82) is 0 Å². The van der Waals surface area contributed by atoms with Crippen LogP contribution in [0.1, 0.15) is 16.7 Å². The fourth-order valence-corrected chi connectivity index (χ4v) is 2.73. The standard InChI is InChI=1S/C17H16BrNO2/c1-12-2-4-13(5-3-12)10-19-15-7-6-14(9-18)8-16(15)21-11-17(19)20/h2-8H,9-11H2,1H3. The second-order valence-corrected chi connectivity index (χ2v) is 5.75. The van der Waals surface area contributed by atoms with Crippen molar-refractivity contribution >= 4 is 27.5 Å². The lowest BCUT2D eigenvalue weighted by Crippen LogP contribution is -2.38. The second-order valence-electron chi connectivity index (χ2n) is 5.19. The van der Waals surface area contributed by atoms with Gasteiger partial charge in [0.15, 0.2) is 6.61 Å². The van der Waals surface area contributed by atoms with Crippen LogP contribution in [0, 0.1) is 6.92 Å². The van der Waals surface area contributed by atoms with Crippen LogP contribution in [0.25, 0.3) is 0 Å². The van der Waals surface area contributed by atoms with Gasteiger partial charge in [0.1, 0.15) is 5.75 Å². The Kier molecular flexibility index (Phi) is 3.97. The van der Waals surface area contributed by atoms with E-state index in [4.69, 9.17) is 4.74 Å². The molecule has 0 saturated heterocycles. The van der Waals surface area contributed by atoms with Gasteiger partial charge in [-0.3, -0.25) is 4.79 Å². The number of fused-ring (bicyclic) bond motifs is 1. The first kappa shape index (κ1) is 14.1. The molecule has 2 aromatic rings. The summed E-state index contributed by atoms with van der Waals surface area (Å²) >= 11 is 3.44. The lowest BCUT2D eigenvalue weighted by molar-refractivity contribution is -0.121. The highest BCUT2D eigenvalue weighted by molar-refractivity contribution is 9.08. The second kappa shape index (κ2) is 5.90. The zero-order valence-corrected chi connectivity index (χ0v) is 13.4. The largest absolute Gasteiger partial charge is 0.482 e. The number of nitrogens with zero attached hydrogens (tertiary/aromatic N) is 1. The Bertz CT molecular complexity index is 667. The molecule has 2 aromatic carbocycles. The summed E-state index contributed by atoms with van der Waals surface area (Å²) in [6, 6.07) is 14.2. The molecule has 0 aliphatic carbocycles. The van der Waals surface area contributed by atoms with Crippen molar-refractivity contribution in [3.05, 3.63) is 59.2 Å². The highest BCUT2D eigenvalue weighted by atomic mass is 79.9. The first-order chi connectivity index (χ1) is 10.2. The summed E-state index contributed by atoms with van der Waals surface area (Å²) in [5, 5.41) is 0.773. The summed E-state index contributed by atoms with van der Waals surface area (Å²) in [7, 11) is 0. The number of hydrogen-bond donors (Lipinski definition) is 0. The number of carbonyl (C=O) groups is 1. The monoisotopic (exact) mass is 345 g/mol. The van der Waals surface area contributed by atoms with Gasteiger partial charge < -0.3 is 9.64 Å². The van der Waals surface area contributed by atoms with Gasteiger partial charge in [0.25, 0.3) is 5.91 Å². The first-order valence-electron chi connectivity index (χ1n) is 6.85. The third-order valence-corrected chi connectivity index (χ3v) is 4.23. The van der Waals surface area contributed by atoms with E-state index in [1.165, 1.54) is 5.56 Å². The van der Waals surface area contributed by atoms with Crippen molar-refractivity contribution in [2.75, 3.05) is 11.5 Å². The predicted octanol–water partition coefficient (Wildman–Crippen LogP) is 3.82. The van der Waals surface area contributed by atoms with Crippen molar-refractivity contribution < 1.29 is 9.53 Å². The molecule has 3 rings (SSSR count). The molecule has 1 heterocycles. The molecule has 0 aromatic heterocycles. The summed E-state index contributed by atoms with van der Waals surface area (Å²) in [6.07, 6.45) is 0. The molecule has 0 saturated carbocycles. The van der Waals surface area contributed by atoms with Gasteiger partial charge in [-0.05, 0) is 30.2 Å². The van der Waals surface area contributed by atoms with Crippen LogP contribution in [-0.2, 0) is 16.7 Å². The van der Waals surface area contributed by atoms with Crippen LogP contribution in [0.15, 0.2) is 42.5 Å². The van der Waals surface area contributed by atoms with Gasteiger partial charge in [-0.25, -0.2) is 0 Å². The zero-order valence-electron chi connectivity index (χ0n) is 11.8. The fourth-order valence-electron chi connectivity index (χ4n) is 2.38. The minimum atomic E-state index is -0.00494. The Morgan fingerprint density at radius 1 is 1.14 bits per heavy atom. The normalized spacial score (nSPS) is 13.8. The van der Waals surface area contributed by atoms with E-state index in [2.05, 4.69) is 47.1 Å². The molecule has 1 aliphatic rings. The summed E-state index contributed by atoms with van der Waals surface area (Å²) < 4.78 is 5.55. The number of benzene rings is 2. The number of hydrogen-bond acceptors (Lipinski definition) is 2. The zero-order chi connectivity index (χ0) is 14.8. The minimum absolute atomic E-state index is 0.00494. The minimum Gasteiger partial charge on any atom is -0.482 e. The average molecular weight is 346 g/mol. The molecule has 0 spiro atoms. The molecule has 0 unspecified atom stereocenters. The van der Waals surface area contributed by atoms with Crippen molar-refractivity contribution in [3.8, 4) is 5.75 Å². The van der Waals surface area contributed by atoms with Gasteiger partial charge in [0.2, 0.25) is 0 Å². The maximum atomic E-state index is 12.2. The maximum absolute atomic E-state index is 12.2. The predicted molar refractivity (Wildman–Crippen MR) is 86.9 cm³/mol. The quantitative estimate of drug-likeness (QED) is 0.791. The van der Waals surface area contributed by atoms with Crippen molar-refractivity contribution in [2.24, 2.45) is 0 Å². The van der Waals surface area contributed by atoms with Crippen LogP contribution >= 0.6 is 15.9 Å². The lowest BCUT2D eigenvalue weighted by Gasteiger charge is -2.29. The topological polar surface area (TPSA) is 29.5 Å². The summed E-state index contributed by atoms with van der Waals surface area (Å²) in [4.78, 5) is 14.0. The molecule has 0 fully saturated rings. The van der Waals surface area contributed by atoms with Gasteiger partial charge in [-0.15, -0.1) is 0 Å². The molecule has 108 valence electrons. The first-order valence-corrected chi connectivity index (χ1v) is 7.97. The van der Waals surface area contributed by atoms with Crippen LogP contribution in [0.5, 0.6) is 5.75 Å². The third-order valence-electron chi connectivity index (χ3n) is 3.58. The smallest absolute Gasteiger partial charge is 0.265 e. The molecule has 1 aliphatic heterocycles. The van der Waals surface area contributed by atoms with Crippen molar-refractivity contribution in [1.82, 2.24) is 0 Å². The number of rotatable bonds is 3. The Morgan fingerprint density at radius 3 is 2.57 bits per heavy atom. The number of anilines is 1. The molecule has 0 N–H and O–H groups in total. The van der Waals surface area contributed by atoms with Crippen molar-refractivity contribution in [2.45, 2.75) is 18.8 Å². The highest BCUT2D eigenvalue weighted by Crippen LogP contribution is 2.34. The molecular weight excluding hydrogens is 330 g/mol. The van der Waals surface area contributed by atoms with Crippen LogP contribution in [0.4, 0.5) is 5.69 Å². The molecule has 3 nitrogen and oxygen atoms in total. The summed E-state index contributed by atoms with van der Waals surface area (Å²) in [6.45, 7) is 2.73. The number of ether oxygens (including phenoxy) is 1.